The number of aromatic nitrogens is 1. The number of ether oxygens (including phenoxy) is 1. The Hall–Kier alpha value is -1.98. The van der Waals surface area contributed by atoms with E-state index in [9.17, 15) is 4.79 Å². The molecule has 1 amide bonds. The van der Waals surface area contributed by atoms with Crippen molar-refractivity contribution in [3.05, 3.63) is 27.9 Å². The lowest BCUT2D eigenvalue weighted by Gasteiger charge is -2.12. The van der Waals surface area contributed by atoms with Crippen LogP contribution in [0.5, 0.6) is 5.75 Å². The number of amides is 1. The maximum absolute atomic E-state index is 11.2. The molecule has 0 spiro atoms. The van der Waals surface area contributed by atoms with Gasteiger partial charge in [-0.05, 0) is 5.56 Å². The number of nitrogens with zero attached hydrogens (tertiary/aromatic N) is 2. The van der Waals surface area contributed by atoms with Crippen molar-refractivity contribution in [3.63, 3.8) is 0 Å². The number of halogens is 2. The molecule has 0 bridgehead atoms. The predicted molar refractivity (Wildman–Crippen MR) is 100 cm³/mol. The van der Waals surface area contributed by atoms with Crippen LogP contribution in [-0.4, -0.2) is 36.7 Å². The molecule has 1 fully saturated rings. The van der Waals surface area contributed by atoms with Crippen LogP contribution in [0, 0.1) is 11.3 Å². The number of rotatable bonds is 6. The summed E-state index contributed by atoms with van der Waals surface area (Å²) >= 11 is 12.8. The van der Waals surface area contributed by atoms with Crippen LogP contribution in [0.3, 0.4) is 0 Å². The molecule has 0 saturated carbocycles. The van der Waals surface area contributed by atoms with Gasteiger partial charge in [0.05, 0.1) is 15.6 Å². The summed E-state index contributed by atoms with van der Waals surface area (Å²) in [6, 6.07) is 3.63. The summed E-state index contributed by atoms with van der Waals surface area (Å²) in [5.41, 5.74) is 8.06. The van der Waals surface area contributed by atoms with Crippen molar-refractivity contribution >= 4 is 40.0 Å². The second-order valence-corrected chi connectivity index (χ2v) is 6.85. The first kappa shape index (κ1) is 18.8. The van der Waals surface area contributed by atoms with Gasteiger partial charge in [-0.25, -0.2) is 0 Å². The molecule has 0 aliphatic carbocycles. The minimum atomic E-state index is -0.0898. The number of carbonyl (C=O) groups excluding carboxylic acids is 1. The second kappa shape index (κ2) is 8.14. The van der Waals surface area contributed by atoms with E-state index in [4.69, 9.17) is 33.2 Å². The molecule has 2 heterocycles. The highest BCUT2D eigenvalue weighted by Crippen LogP contribution is 2.42. The number of benzene rings is 1. The van der Waals surface area contributed by atoms with E-state index in [0.717, 1.165) is 29.6 Å². The van der Waals surface area contributed by atoms with E-state index in [-0.39, 0.29) is 18.4 Å². The van der Waals surface area contributed by atoms with E-state index < -0.39 is 0 Å². The molecule has 3 rings (SSSR count). The number of hydrazine groups is 1. The van der Waals surface area contributed by atoms with Crippen molar-refractivity contribution in [2.24, 2.45) is 0 Å². The Kier molecular flexibility index (Phi) is 5.89. The maximum Gasteiger partial charge on any atom is 0.216 e. The minimum absolute atomic E-state index is 0.0786. The van der Waals surface area contributed by atoms with Gasteiger partial charge < -0.3 is 14.6 Å². The molecular weight excluding hydrogens is 377 g/mol. The summed E-state index contributed by atoms with van der Waals surface area (Å²) in [4.78, 5) is 11.2. The smallest absolute Gasteiger partial charge is 0.216 e. The fraction of sp³-hybridized carbons (Fsp3) is 0.412. The third-order valence-electron chi connectivity index (χ3n) is 4.31. The molecule has 3 N–H and O–H groups in total. The van der Waals surface area contributed by atoms with Gasteiger partial charge in [0.2, 0.25) is 5.91 Å². The van der Waals surface area contributed by atoms with Gasteiger partial charge in [0, 0.05) is 56.7 Å². The minimum Gasteiger partial charge on any atom is -0.478 e. The van der Waals surface area contributed by atoms with E-state index in [1.165, 1.54) is 6.92 Å². The van der Waals surface area contributed by atoms with Crippen LogP contribution < -0.4 is 20.9 Å². The molecule has 2 aromatic rings. The van der Waals surface area contributed by atoms with Crippen molar-refractivity contribution < 1.29 is 9.53 Å². The Morgan fingerprint density at radius 2 is 2.19 bits per heavy atom. The number of hydrogen-bond acceptors (Lipinski definition) is 5. The van der Waals surface area contributed by atoms with E-state index in [2.05, 4.69) is 16.2 Å². The number of nitriles is 1. The van der Waals surface area contributed by atoms with Crippen LogP contribution in [0.4, 0.5) is 0 Å². The Labute approximate surface area is 161 Å². The van der Waals surface area contributed by atoms with Crippen molar-refractivity contribution in [1.82, 2.24) is 20.7 Å². The highest BCUT2D eigenvalue weighted by Gasteiger charge is 2.26. The number of nitrogens with one attached hydrogen (secondary N) is 3. The number of hydrogen-bond donors (Lipinski definition) is 3. The van der Waals surface area contributed by atoms with E-state index in [1.54, 1.807) is 6.07 Å². The first-order valence-corrected chi connectivity index (χ1v) is 8.99. The lowest BCUT2D eigenvalue weighted by Crippen LogP contribution is -2.24. The Bertz CT molecular complexity index is 868. The molecule has 7 nitrogen and oxygen atoms in total. The molecule has 1 aromatic carbocycles. The van der Waals surface area contributed by atoms with Crippen molar-refractivity contribution in [1.29, 1.82) is 5.26 Å². The molecule has 0 atom stereocenters. The van der Waals surface area contributed by atoms with Gasteiger partial charge in [0.1, 0.15) is 11.8 Å². The Morgan fingerprint density at radius 1 is 1.46 bits per heavy atom. The summed E-state index contributed by atoms with van der Waals surface area (Å²) in [6.45, 7) is 3.95. The van der Waals surface area contributed by atoms with Gasteiger partial charge in [0.25, 0.3) is 0 Å². The zero-order valence-electron chi connectivity index (χ0n) is 14.2. The van der Waals surface area contributed by atoms with Crippen LogP contribution in [0.15, 0.2) is 12.3 Å². The first-order valence-electron chi connectivity index (χ1n) is 8.23. The summed E-state index contributed by atoms with van der Waals surface area (Å²) < 4.78 is 7.61. The maximum atomic E-state index is 11.2. The average Bonchev–Trinajstić information content (AvgIpc) is 3.24. The molecule has 0 radical (unpaired) electrons. The molecular formula is C17H19Cl2N5O2. The van der Waals surface area contributed by atoms with Crippen molar-refractivity contribution in [2.45, 2.75) is 19.4 Å². The molecule has 26 heavy (non-hydrogen) atoms. The Morgan fingerprint density at radius 3 is 2.85 bits per heavy atom. The normalized spacial score (nSPS) is 14.5. The summed E-state index contributed by atoms with van der Waals surface area (Å²) in [5, 5.41) is 13.3. The summed E-state index contributed by atoms with van der Waals surface area (Å²) in [6.07, 6.45) is 2.02. The van der Waals surface area contributed by atoms with Gasteiger partial charge in [-0.15, -0.1) is 0 Å². The van der Waals surface area contributed by atoms with Crippen molar-refractivity contribution in [3.8, 4) is 11.8 Å². The molecule has 1 saturated heterocycles. The number of fused-ring (bicyclic) bond motifs is 1. The van der Waals surface area contributed by atoms with Crippen LogP contribution in [-0.2, 0) is 11.3 Å². The van der Waals surface area contributed by atoms with Gasteiger partial charge in [-0.1, -0.05) is 23.2 Å². The third-order valence-corrected chi connectivity index (χ3v) is 5.09. The van der Waals surface area contributed by atoms with Crippen molar-refractivity contribution in [2.75, 3.05) is 26.2 Å². The second-order valence-electron chi connectivity index (χ2n) is 6.06. The summed E-state index contributed by atoms with van der Waals surface area (Å²) in [7, 11) is 0. The first-order chi connectivity index (χ1) is 12.5. The van der Waals surface area contributed by atoms with Gasteiger partial charge in [-0.3, -0.25) is 15.6 Å². The summed E-state index contributed by atoms with van der Waals surface area (Å²) in [5.74, 6) is 0.672. The lowest BCUT2D eigenvalue weighted by molar-refractivity contribution is -0.118. The fourth-order valence-corrected chi connectivity index (χ4v) is 3.63. The quantitative estimate of drug-likeness (QED) is 0.696. The van der Waals surface area contributed by atoms with Gasteiger partial charge in [-0.2, -0.15) is 5.26 Å². The molecule has 1 aromatic heterocycles. The highest BCUT2D eigenvalue weighted by molar-refractivity contribution is 6.45. The molecule has 1 aliphatic rings. The molecule has 138 valence electrons. The number of carbonyl (C=O) groups is 1. The zero-order valence-corrected chi connectivity index (χ0v) is 15.7. The predicted octanol–water partition coefficient (Wildman–Crippen LogP) is 2.18. The SMILES string of the molecule is CC(=O)NCCn1cc(C2CNNC2)c2c(OCC#N)cc(Cl)c(Cl)c21. The molecule has 1 aliphatic heterocycles. The molecule has 9 heteroatoms. The fourth-order valence-electron chi connectivity index (χ4n) is 3.18. The molecule has 0 unspecified atom stereocenters. The topological polar surface area (TPSA) is 91.1 Å². The third kappa shape index (κ3) is 3.74. The standard InChI is InChI=1S/C17H19Cl2N5O2/c1-10(25)21-3-4-24-9-12(11-7-22-23-8-11)15-14(26-5-2-20)6-13(18)16(19)17(15)24/h6,9,11,22-23H,3-5,7-8H2,1H3,(H,21,25). The van der Waals surface area contributed by atoms with E-state index >= 15 is 0 Å². The van der Waals surface area contributed by atoms with Crippen LogP contribution in [0.2, 0.25) is 10.0 Å². The van der Waals surface area contributed by atoms with Gasteiger partial charge >= 0.3 is 0 Å². The zero-order chi connectivity index (χ0) is 18.7. The largest absolute Gasteiger partial charge is 0.478 e. The van der Waals surface area contributed by atoms with E-state index in [1.807, 2.05) is 16.8 Å². The van der Waals surface area contributed by atoms with Crippen LogP contribution in [0.25, 0.3) is 10.9 Å². The monoisotopic (exact) mass is 395 g/mol. The lowest BCUT2D eigenvalue weighted by atomic mass is 9.99. The average molecular weight is 396 g/mol. The van der Waals surface area contributed by atoms with Crippen LogP contribution >= 0.6 is 23.2 Å². The Balaban J connectivity index is 2.12. The van der Waals surface area contributed by atoms with Gasteiger partial charge in [0.15, 0.2) is 6.61 Å². The van der Waals surface area contributed by atoms with Crippen LogP contribution in [0.1, 0.15) is 18.4 Å². The highest BCUT2D eigenvalue weighted by atomic mass is 35.5. The van der Waals surface area contributed by atoms with E-state index in [0.29, 0.717) is 28.9 Å².